The maximum absolute atomic E-state index is 11.3. The van der Waals surface area contributed by atoms with Crippen LogP contribution in [0.4, 0.5) is 0 Å². The largest absolute Gasteiger partial charge is 0.468 e. The van der Waals surface area contributed by atoms with Gasteiger partial charge in [0.25, 0.3) is 0 Å². The number of hydrogen-bond acceptors (Lipinski definition) is 3. The van der Waals surface area contributed by atoms with E-state index in [1.807, 2.05) is 6.92 Å². The molecule has 0 spiro atoms. The van der Waals surface area contributed by atoms with Gasteiger partial charge in [0.15, 0.2) is 0 Å². The van der Waals surface area contributed by atoms with Gasteiger partial charge in [-0.05, 0) is 32.1 Å². The highest BCUT2D eigenvalue weighted by Gasteiger charge is 2.20. The molecule has 0 saturated heterocycles. The van der Waals surface area contributed by atoms with Gasteiger partial charge in [-0.25, -0.2) is 0 Å². The minimum atomic E-state index is -0.173. The maximum atomic E-state index is 11.3. The molecule has 3 heteroatoms. The smallest absolute Gasteiger partial charge is 0.322 e. The minimum absolute atomic E-state index is 0.160. The molecule has 15 heavy (non-hydrogen) atoms. The fourth-order valence-corrected chi connectivity index (χ4v) is 2.25. The highest BCUT2D eigenvalue weighted by molar-refractivity contribution is 5.75. The molecule has 0 heterocycles. The first-order valence-electron chi connectivity index (χ1n) is 5.97. The lowest BCUT2D eigenvalue weighted by molar-refractivity contribution is -0.142. The highest BCUT2D eigenvalue weighted by atomic mass is 16.5. The first-order valence-corrected chi connectivity index (χ1v) is 5.97. The molecule has 1 aliphatic rings. The fourth-order valence-electron chi connectivity index (χ4n) is 2.25. The molecule has 0 aromatic rings. The molecule has 1 N–H and O–H groups in total. The summed E-state index contributed by atoms with van der Waals surface area (Å²) in [7, 11) is 1.44. The van der Waals surface area contributed by atoms with Crippen molar-refractivity contribution in [3.63, 3.8) is 0 Å². The third-order valence-corrected chi connectivity index (χ3v) is 3.30. The predicted octanol–water partition coefficient (Wildman–Crippen LogP) is 2.11. The number of nitrogens with one attached hydrogen (secondary N) is 1. The van der Waals surface area contributed by atoms with Gasteiger partial charge in [0.2, 0.25) is 0 Å². The quantitative estimate of drug-likeness (QED) is 0.576. The van der Waals surface area contributed by atoms with Crippen molar-refractivity contribution >= 4 is 5.97 Å². The monoisotopic (exact) mass is 213 g/mol. The number of hydrogen-bond donors (Lipinski definition) is 1. The fraction of sp³-hybridized carbons (Fsp3) is 0.917. The van der Waals surface area contributed by atoms with E-state index >= 15 is 0 Å². The van der Waals surface area contributed by atoms with Gasteiger partial charge in [0.1, 0.15) is 6.04 Å². The predicted molar refractivity (Wildman–Crippen MR) is 60.7 cm³/mol. The summed E-state index contributed by atoms with van der Waals surface area (Å²) >= 11 is 0. The molecule has 0 aliphatic heterocycles. The number of methoxy groups -OCH3 is 1. The lowest BCUT2D eigenvalue weighted by atomic mass is 10.0. The van der Waals surface area contributed by atoms with Crippen molar-refractivity contribution in [2.45, 2.75) is 58.0 Å². The van der Waals surface area contributed by atoms with E-state index in [1.165, 1.54) is 39.2 Å². The molecule has 88 valence electrons. The molecule has 1 aliphatic carbocycles. The molecule has 1 saturated carbocycles. The van der Waals surface area contributed by atoms with Crippen LogP contribution in [0.15, 0.2) is 0 Å². The second kappa shape index (κ2) is 6.11. The summed E-state index contributed by atoms with van der Waals surface area (Å²) in [6, 6.07) is 0.317. The molecule has 1 rings (SSSR count). The highest BCUT2D eigenvalue weighted by Crippen LogP contribution is 2.22. The number of carbonyl (C=O) groups excluding carboxylic acids is 1. The first kappa shape index (κ1) is 12.5. The Kier molecular flexibility index (Phi) is 5.09. The van der Waals surface area contributed by atoms with Gasteiger partial charge in [-0.1, -0.05) is 19.8 Å². The molecule has 1 fully saturated rings. The van der Waals surface area contributed by atoms with Crippen LogP contribution in [0.5, 0.6) is 0 Å². The van der Waals surface area contributed by atoms with E-state index in [0.29, 0.717) is 6.04 Å². The zero-order valence-corrected chi connectivity index (χ0v) is 10.1. The molecule has 0 aromatic carbocycles. The Morgan fingerprint density at radius 1 is 1.33 bits per heavy atom. The third kappa shape index (κ3) is 4.20. The maximum Gasteiger partial charge on any atom is 0.322 e. The van der Waals surface area contributed by atoms with Crippen LogP contribution in [0.25, 0.3) is 0 Å². The summed E-state index contributed by atoms with van der Waals surface area (Å²) in [6.45, 7) is 4.19. The second-order valence-corrected chi connectivity index (χ2v) is 4.72. The number of ether oxygens (including phenoxy) is 1. The van der Waals surface area contributed by atoms with Gasteiger partial charge in [0, 0.05) is 6.04 Å². The van der Waals surface area contributed by atoms with Gasteiger partial charge in [-0.3, -0.25) is 4.79 Å². The Labute approximate surface area is 92.6 Å². The number of rotatable bonds is 3. The first-order chi connectivity index (χ1) is 7.13. The van der Waals surface area contributed by atoms with Crippen molar-refractivity contribution in [3.05, 3.63) is 0 Å². The Bertz CT molecular complexity index is 206. The van der Waals surface area contributed by atoms with Crippen LogP contribution in [0, 0.1) is 5.92 Å². The van der Waals surface area contributed by atoms with E-state index in [0.717, 1.165) is 5.92 Å². The van der Waals surface area contributed by atoms with E-state index < -0.39 is 0 Å². The molecule has 3 atom stereocenters. The Hall–Kier alpha value is -0.570. The summed E-state index contributed by atoms with van der Waals surface area (Å²) < 4.78 is 4.70. The molecular formula is C12H23NO2. The van der Waals surface area contributed by atoms with Gasteiger partial charge in [-0.15, -0.1) is 0 Å². The minimum Gasteiger partial charge on any atom is -0.468 e. The van der Waals surface area contributed by atoms with Gasteiger partial charge in [-0.2, -0.15) is 0 Å². The van der Waals surface area contributed by atoms with Crippen molar-refractivity contribution in [1.82, 2.24) is 5.32 Å². The zero-order valence-electron chi connectivity index (χ0n) is 10.1. The van der Waals surface area contributed by atoms with Crippen LogP contribution < -0.4 is 5.32 Å². The zero-order chi connectivity index (χ0) is 11.3. The molecule has 0 bridgehead atoms. The molecule has 2 unspecified atom stereocenters. The summed E-state index contributed by atoms with van der Waals surface area (Å²) in [5, 5.41) is 3.36. The molecule has 0 radical (unpaired) electrons. The summed E-state index contributed by atoms with van der Waals surface area (Å²) in [5.41, 5.74) is 0. The normalized spacial score (nSPS) is 29.3. The topological polar surface area (TPSA) is 38.3 Å². The van der Waals surface area contributed by atoms with E-state index in [1.54, 1.807) is 0 Å². The Balaban J connectivity index is 2.34. The van der Waals surface area contributed by atoms with Crippen molar-refractivity contribution in [3.8, 4) is 0 Å². The van der Waals surface area contributed by atoms with Crippen molar-refractivity contribution in [1.29, 1.82) is 0 Å². The van der Waals surface area contributed by atoms with Crippen LogP contribution in [0.1, 0.15) is 46.0 Å². The van der Waals surface area contributed by atoms with Crippen LogP contribution in [0.2, 0.25) is 0 Å². The van der Waals surface area contributed by atoms with E-state index in [4.69, 9.17) is 4.74 Å². The average Bonchev–Trinajstić information content (AvgIpc) is 2.42. The van der Waals surface area contributed by atoms with E-state index in [9.17, 15) is 4.79 Å². The summed E-state index contributed by atoms with van der Waals surface area (Å²) in [4.78, 5) is 11.3. The lowest BCUT2D eigenvalue weighted by Gasteiger charge is -2.20. The van der Waals surface area contributed by atoms with E-state index in [2.05, 4.69) is 12.2 Å². The average molecular weight is 213 g/mol. The van der Waals surface area contributed by atoms with Gasteiger partial charge < -0.3 is 10.1 Å². The van der Waals surface area contributed by atoms with Crippen LogP contribution >= 0.6 is 0 Å². The lowest BCUT2D eigenvalue weighted by Crippen LogP contribution is -2.41. The third-order valence-electron chi connectivity index (χ3n) is 3.30. The van der Waals surface area contributed by atoms with Gasteiger partial charge >= 0.3 is 5.97 Å². The number of carbonyl (C=O) groups is 1. The van der Waals surface area contributed by atoms with Crippen molar-refractivity contribution < 1.29 is 9.53 Å². The van der Waals surface area contributed by atoms with Crippen LogP contribution in [0.3, 0.4) is 0 Å². The summed E-state index contributed by atoms with van der Waals surface area (Å²) in [5.74, 6) is 0.678. The van der Waals surface area contributed by atoms with E-state index in [-0.39, 0.29) is 12.0 Å². The van der Waals surface area contributed by atoms with Crippen molar-refractivity contribution in [2.24, 2.45) is 5.92 Å². The molecular weight excluding hydrogens is 190 g/mol. The second-order valence-electron chi connectivity index (χ2n) is 4.72. The Morgan fingerprint density at radius 3 is 2.73 bits per heavy atom. The standard InChI is InChI=1S/C12H23NO2/c1-9-5-4-6-11(8-7-9)13-10(2)12(14)15-3/h9-11,13H,4-8H2,1-3H3/t9?,10-,11?/m0/s1. The molecule has 0 amide bonds. The SMILES string of the molecule is COC(=O)[C@H](C)NC1CCCC(C)CC1. The number of esters is 1. The van der Waals surface area contributed by atoms with Gasteiger partial charge in [0.05, 0.1) is 7.11 Å². The van der Waals surface area contributed by atoms with Crippen LogP contribution in [-0.2, 0) is 9.53 Å². The van der Waals surface area contributed by atoms with Crippen molar-refractivity contribution in [2.75, 3.05) is 7.11 Å². The molecule has 0 aromatic heterocycles. The van der Waals surface area contributed by atoms with Crippen LogP contribution in [-0.4, -0.2) is 25.2 Å². The molecule has 3 nitrogen and oxygen atoms in total. The summed E-state index contributed by atoms with van der Waals surface area (Å²) in [6.07, 6.45) is 6.23. The Morgan fingerprint density at radius 2 is 2.07 bits per heavy atom.